The van der Waals surface area contributed by atoms with Crippen LogP contribution >= 0.6 is 11.6 Å². The van der Waals surface area contributed by atoms with Crippen molar-refractivity contribution in [2.75, 3.05) is 24.5 Å². The number of ether oxygens (including phenoxy) is 1. The molecule has 1 aromatic rings. The van der Waals surface area contributed by atoms with Crippen LogP contribution in [-0.2, 0) is 4.74 Å². The van der Waals surface area contributed by atoms with Crippen molar-refractivity contribution in [3.63, 3.8) is 0 Å². The molecular weight excluding hydrogens is 284 g/mol. The lowest BCUT2D eigenvalue weighted by Gasteiger charge is -2.37. The average Bonchev–Trinajstić information content (AvgIpc) is 2.43. The van der Waals surface area contributed by atoms with Crippen molar-refractivity contribution in [2.24, 2.45) is 0 Å². The van der Waals surface area contributed by atoms with Crippen molar-refractivity contribution >= 4 is 17.3 Å². The van der Waals surface area contributed by atoms with Crippen molar-refractivity contribution in [1.29, 1.82) is 0 Å². The average molecular weight is 311 g/mol. The third kappa shape index (κ3) is 4.35. The van der Waals surface area contributed by atoms with Crippen LogP contribution in [0.1, 0.15) is 45.7 Å². The number of halogens is 1. The topological polar surface area (TPSA) is 24.5 Å². The molecule has 1 aliphatic heterocycles. The van der Waals surface area contributed by atoms with Crippen LogP contribution in [-0.4, -0.2) is 31.8 Å². The van der Waals surface area contributed by atoms with E-state index in [1.807, 2.05) is 0 Å². The highest BCUT2D eigenvalue weighted by Gasteiger charge is 2.24. The number of morpholine rings is 1. The van der Waals surface area contributed by atoms with Gasteiger partial charge in [0.15, 0.2) is 0 Å². The highest BCUT2D eigenvalue weighted by Crippen LogP contribution is 2.31. The van der Waals surface area contributed by atoms with Crippen molar-refractivity contribution in [3.05, 3.63) is 28.8 Å². The summed E-state index contributed by atoms with van der Waals surface area (Å²) >= 11 is 6.53. The van der Waals surface area contributed by atoms with Gasteiger partial charge in [-0.05, 0) is 51.4 Å². The van der Waals surface area contributed by atoms with Crippen LogP contribution in [0.2, 0.25) is 5.02 Å². The van der Waals surface area contributed by atoms with E-state index in [-0.39, 0.29) is 12.2 Å². The van der Waals surface area contributed by atoms with Gasteiger partial charge in [-0.15, -0.1) is 0 Å². The Morgan fingerprint density at radius 2 is 2.00 bits per heavy atom. The number of benzene rings is 1. The first-order valence-electron chi connectivity index (χ1n) is 7.94. The molecule has 0 aliphatic carbocycles. The maximum absolute atomic E-state index is 6.53. The van der Waals surface area contributed by atoms with Crippen molar-refractivity contribution < 1.29 is 4.74 Å². The van der Waals surface area contributed by atoms with Gasteiger partial charge in [-0.2, -0.15) is 0 Å². The molecule has 1 heterocycles. The lowest BCUT2D eigenvalue weighted by molar-refractivity contribution is -0.00521. The van der Waals surface area contributed by atoms with Crippen molar-refractivity contribution in [2.45, 2.75) is 52.4 Å². The van der Waals surface area contributed by atoms with E-state index in [1.54, 1.807) is 0 Å². The second kappa shape index (κ2) is 7.48. The van der Waals surface area contributed by atoms with E-state index >= 15 is 0 Å². The van der Waals surface area contributed by atoms with Crippen LogP contribution < -0.4 is 10.2 Å². The normalized spacial score (nSPS) is 24.1. The Bertz CT molecular complexity index is 456. The third-order valence-electron chi connectivity index (χ3n) is 3.93. The van der Waals surface area contributed by atoms with Crippen LogP contribution in [0.15, 0.2) is 18.2 Å². The van der Waals surface area contributed by atoms with E-state index < -0.39 is 0 Å². The molecule has 0 radical (unpaired) electrons. The third-order valence-corrected chi connectivity index (χ3v) is 4.24. The second-order valence-electron chi connectivity index (χ2n) is 6.05. The van der Waals surface area contributed by atoms with Gasteiger partial charge in [-0.25, -0.2) is 0 Å². The summed E-state index contributed by atoms with van der Waals surface area (Å²) in [7, 11) is 0. The Labute approximate surface area is 133 Å². The van der Waals surface area contributed by atoms with E-state index in [4.69, 9.17) is 16.3 Å². The van der Waals surface area contributed by atoms with Crippen LogP contribution in [0.5, 0.6) is 0 Å². The highest BCUT2D eigenvalue weighted by molar-refractivity contribution is 6.33. The summed E-state index contributed by atoms with van der Waals surface area (Å²) in [5.74, 6) is 0. The number of hydrogen-bond donors (Lipinski definition) is 1. The Kier molecular flexibility index (Phi) is 5.91. The fraction of sp³-hybridized carbons (Fsp3) is 0.647. The van der Waals surface area contributed by atoms with Gasteiger partial charge in [0.2, 0.25) is 0 Å². The molecule has 118 valence electrons. The fourth-order valence-corrected chi connectivity index (χ4v) is 3.21. The molecule has 3 nitrogen and oxygen atoms in total. The Hall–Kier alpha value is -0.770. The molecule has 3 atom stereocenters. The zero-order valence-corrected chi connectivity index (χ0v) is 14.3. The number of hydrogen-bond acceptors (Lipinski definition) is 3. The predicted octanol–water partition coefficient (Wildman–Crippen LogP) is 4.01. The smallest absolute Gasteiger partial charge is 0.0726 e. The molecule has 1 N–H and O–H groups in total. The van der Waals surface area contributed by atoms with E-state index in [9.17, 15) is 0 Å². The number of nitrogens with one attached hydrogen (secondary N) is 1. The van der Waals surface area contributed by atoms with Crippen LogP contribution in [0.4, 0.5) is 5.69 Å². The molecular formula is C17H27ClN2O. The SMILES string of the molecule is CCCNC(C)c1ccc(N2CC(C)OC(C)C2)c(Cl)c1. The van der Waals surface area contributed by atoms with E-state index in [2.05, 4.69) is 56.1 Å². The lowest BCUT2D eigenvalue weighted by atomic mass is 10.1. The van der Waals surface area contributed by atoms with Crippen LogP contribution in [0.3, 0.4) is 0 Å². The summed E-state index contributed by atoms with van der Waals surface area (Å²) in [5, 5.41) is 4.33. The minimum atomic E-state index is 0.245. The first-order valence-corrected chi connectivity index (χ1v) is 8.32. The number of rotatable bonds is 5. The zero-order valence-electron chi connectivity index (χ0n) is 13.5. The summed E-state index contributed by atoms with van der Waals surface area (Å²) in [5.41, 5.74) is 2.36. The van der Waals surface area contributed by atoms with E-state index in [1.165, 1.54) is 5.56 Å². The highest BCUT2D eigenvalue weighted by atomic mass is 35.5. The first-order chi connectivity index (χ1) is 10.0. The maximum atomic E-state index is 6.53. The molecule has 21 heavy (non-hydrogen) atoms. The standard InChI is InChI=1S/C17H27ClN2O/c1-5-8-19-14(4)15-6-7-17(16(18)9-15)20-10-12(2)21-13(3)11-20/h6-7,9,12-14,19H,5,8,10-11H2,1-4H3. The molecule has 1 aromatic carbocycles. The molecule has 2 rings (SSSR count). The Morgan fingerprint density at radius 3 is 2.57 bits per heavy atom. The summed E-state index contributed by atoms with van der Waals surface area (Å²) in [4.78, 5) is 2.33. The fourth-order valence-electron chi connectivity index (χ4n) is 2.90. The van der Waals surface area contributed by atoms with Gasteiger partial charge in [0, 0.05) is 19.1 Å². The van der Waals surface area contributed by atoms with Crippen LogP contribution in [0, 0.1) is 0 Å². The molecule has 0 spiro atoms. The van der Waals surface area contributed by atoms with Gasteiger partial charge in [0.25, 0.3) is 0 Å². The van der Waals surface area contributed by atoms with Gasteiger partial charge < -0.3 is 15.0 Å². The van der Waals surface area contributed by atoms with Gasteiger partial charge in [-0.1, -0.05) is 24.6 Å². The molecule has 3 unspecified atom stereocenters. The van der Waals surface area contributed by atoms with Gasteiger partial charge in [-0.3, -0.25) is 0 Å². The van der Waals surface area contributed by atoms with Crippen molar-refractivity contribution in [1.82, 2.24) is 5.32 Å². The van der Waals surface area contributed by atoms with Gasteiger partial charge in [0.05, 0.1) is 22.9 Å². The van der Waals surface area contributed by atoms with Gasteiger partial charge in [0.1, 0.15) is 0 Å². The number of nitrogens with zero attached hydrogens (tertiary/aromatic N) is 1. The predicted molar refractivity (Wildman–Crippen MR) is 90.4 cm³/mol. The molecule has 0 aromatic heterocycles. The first kappa shape index (κ1) is 16.6. The summed E-state index contributed by atoms with van der Waals surface area (Å²) in [6, 6.07) is 6.75. The van der Waals surface area contributed by atoms with E-state index in [0.717, 1.165) is 36.8 Å². The summed E-state index contributed by atoms with van der Waals surface area (Å²) in [6.07, 6.45) is 1.63. The molecule has 4 heteroatoms. The minimum Gasteiger partial charge on any atom is -0.372 e. The maximum Gasteiger partial charge on any atom is 0.0726 e. The molecule has 0 bridgehead atoms. The molecule has 0 amide bonds. The van der Waals surface area contributed by atoms with Gasteiger partial charge >= 0.3 is 0 Å². The lowest BCUT2D eigenvalue weighted by Crippen LogP contribution is -2.45. The Morgan fingerprint density at radius 1 is 1.33 bits per heavy atom. The Balaban J connectivity index is 2.11. The summed E-state index contributed by atoms with van der Waals surface area (Å²) in [6.45, 7) is 11.4. The molecule has 1 aliphatic rings. The summed E-state index contributed by atoms with van der Waals surface area (Å²) < 4.78 is 5.79. The van der Waals surface area contributed by atoms with Crippen LogP contribution in [0.25, 0.3) is 0 Å². The molecule has 1 saturated heterocycles. The minimum absolute atomic E-state index is 0.245. The van der Waals surface area contributed by atoms with Crippen molar-refractivity contribution in [3.8, 4) is 0 Å². The largest absolute Gasteiger partial charge is 0.372 e. The molecule has 1 fully saturated rings. The zero-order chi connectivity index (χ0) is 15.4. The second-order valence-corrected chi connectivity index (χ2v) is 6.46. The number of anilines is 1. The molecule has 0 saturated carbocycles. The van der Waals surface area contributed by atoms with E-state index in [0.29, 0.717) is 6.04 Å². The monoisotopic (exact) mass is 310 g/mol. The quantitative estimate of drug-likeness (QED) is 0.889.